The van der Waals surface area contributed by atoms with Crippen molar-refractivity contribution in [2.24, 2.45) is 0 Å². The number of carbonyl (C=O) groups is 3. The molecule has 0 aromatic heterocycles. The number of nitrogens with one attached hydrogen (secondary N) is 1. The molecule has 2 aromatic carbocycles. The number of Topliss-reactive ketones (excluding diaryl/α,β-unsaturated/α-hetero) is 1. The number of hydroxylamine groups is 1. The fourth-order valence-electron chi connectivity index (χ4n) is 4.84. The maximum atomic E-state index is 14.9. The van der Waals surface area contributed by atoms with Crippen molar-refractivity contribution in [2.75, 3.05) is 30.3 Å². The van der Waals surface area contributed by atoms with Crippen LogP contribution >= 0.6 is 23.5 Å². The van der Waals surface area contributed by atoms with Crippen molar-refractivity contribution < 1.29 is 32.4 Å². The van der Waals surface area contributed by atoms with Crippen LogP contribution < -0.4 is 5.32 Å². The number of aryl methyl sites for hydroxylation is 1. The van der Waals surface area contributed by atoms with E-state index in [2.05, 4.69) is 5.32 Å². The van der Waals surface area contributed by atoms with E-state index in [0.29, 0.717) is 40.4 Å². The summed E-state index contributed by atoms with van der Waals surface area (Å²) in [7, 11) is -4.83. The first-order chi connectivity index (χ1) is 20.5. The highest BCUT2D eigenvalue weighted by atomic mass is 32.2. The molecule has 13 heteroatoms. The monoisotopic (exact) mass is 663 g/mol. The summed E-state index contributed by atoms with van der Waals surface area (Å²) in [5.41, 5.74) is -2.94. The van der Waals surface area contributed by atoms with Crippen LogP contribution in [0.3, 0.4) is 0 Å². The Balaban J connectivity index is 1.99. The van der Waals surface area contributed by atoms with Crippen LogP contribution in [0.4, 0.5) is 4.79 Å². The maximum Gasteiger partial charge on any atom is 0.429 e. The zero-order valence-electron chi connectivity index (χ0n) is 26.0. The fraction of sp³-hybridized carbons (Fsp3) is 0.516. The van der Waals surface area contributed by atoms with E-state index in [1.54, 1.807) is 81.9 Å². The molecule has 2 atom stereocenters. The number of sulfonamides is 1. The molecule has 2 aliphatic rings. The molecule has 2 saturated heterocycles. The Morgan fingerprint density at radius 2 is 1.64 bits per heavy atom. The lowest BCUT2D eigenvalue weighted by Crippen LogP contribution is -2.68. The number of ether oxygens (including phenoxy) is 1. The van der Waals surface area contributed by atoms with Gasteiger partial charge in [0.25, 0.3) is 10.0 Å². The highest BCUT2D eigenvalue weighted by molar-refractivity contribution is 8.01. The minimum atomic E-state index is -4.83. The summed E-state index contributed by atoms with van der Waals surface area (Å²) in [6, 6.07) is 14.5. The molecule has 0 unspecified atom stereocenters. The Bertz CT molecular complexity index is 1450. The molecule has 0 aliphatic carbocycles. The number of nitrogens with zero attached hydrogens (tertiary/aromatic N) is 2. The Morgan fingerprint density at radius 3 is 2.18 bits per heavy atom. The summed E-state index contributed by atoms with van der Waals surface area (Å²) in [4.78, 5) is 50.1. The summed E-state index contributed by atoms with van der Waals surface area (Å²) in [5, 5.41) is 2.24. The van der Waals surface area contributed by atoms with Gasteiger partial charge in [-0.2, -0.15) is 11.8 Å². The van der Waals surface area contributed by atoms with Gasteiger partial charge in [-0.1, -0.05) is 48.0 Å². The molecular formula is C31H41N3O7S3. The Kier molecular flexibility index (Phi) is 10.5. The van der Waals surface area contributed by atoms with Crippen molar-refractivity contribution in [2.45, 2.75) is 74.9 Å². The molecule has 44 heavy (non-hydrogen) atoms. The standard InChI is InChI=1S/C31H41N3O7S3/c1-22-12-14-24(15-13-22)44(38,39)34(41-28(37)33-16-18-42-19-17-33)31(27(36)40-29(2,3)4,20-23-10-8-7-9-11-23)25(35)26-32-30(5,6)21-43-26/h7-15,26,32H,16-21H2,1-6H3/t26-,31+/m0/s1. The van der Waals surface area contributed by atoms with Crippen molar-refractivity contribution in [3.63, 3.8) is 0 Å². The average Bonchev–Trinajstić information content (AvgIpc) is 3.34. The second kappa shape index (κ2) is 13.4. The largest absolute Gasteiger partial charge is 0.458 e. The molecule has 0 radical (unpaired) electrons. The summed E-state index contributed by atoms with van der Waals surface area (Å²) < 4.78 is 35.5. The Hall–Kier alpha value is -2.58. The first-order valence-corrected chi connectivity index (χ1v) is 18.1. The van der Waals surface area contributed by atoms with Crippen LogP contribution in [-0.4, -0.2) is 88.0 Å². The number of hydrogen-bond donors (Lipinski definition) is 1. The van der Waals surface area contributed by atoms with Gasteiger partial charge in [0.2, 0.25) is 5.54 Å². The molecule has 1 amide bonds. The van der Waals surface area contributed by atoms with Crippen molar-refractivity contribution in [1.82, 2.24) is 14.7 Å². The van der Waals surface area contributed by atoms with E-state index < -0.39 is 56.3 Å². The maximum absolute atomic E-state index is 14.9. The molecular weight excluding hydrogens is 623 g/mol. The van der Waals surface area contributed by atoms with E-state index in [1.807, 2.05) is 13.8 Å². The van der Waals surface area contributed by atoms with Gasteiger partial charge in [0.15, 0.2) is 5.78 Å². The quantitative estimate of drug-likeness (QED) is 0.234. The number of rotatable bonds is 9. The van der Waals surface area contributed by atoms with Gasteiger partial charge >= 0.3 is 12.1 Å². The Morgan fingerprint density at radius 1 is 1.02 bits per heavy atom. The summed E-state index contributed by atoms with van der Waals surface area (Å²) in [5.74, 6) is -0.128. The van der Waals surface area contributed by atoms with Crippen LogP contribution in [-0.2, 0) is 35.6 Å². The SMILES string of the molecule is Cc1ccc(S(=O)(=O)N(OC(=O)N2CCSCC2)[C@@](Cc2ccccc2)(C(=O)OC(C)(C)C)C(=O)[C@H]2NC(C)(C)CS2)cc1. The highest BCUT2D eigenvalue weighted by Crippen LogP contribution is 2.38. The number of carbonyl (C=O) groups excluding carboxylic acids is 3. The average molecular weight is 664 g/mol. The predicted molar refractivity (Wildman–Crippen MR) is 173 cm³/mol. The third kappa shape index (κ3) is 7.79. The molecule has 1 N–H and O–H groups in total. The summed E-state index contributed by atoms with van der Waals surface area (Å²) >= 11 is 2.92. The van der Waals surface area contributed by atoms with Gasteiger partial charge in [-0.25, -0.2) is 18.0 Å². The summed E-state index contributed by atoms with van der Waals surface area (Å²) in [6.07, 6.45) is -1.41. The zero-order valence-corrected chi connectivity index (χ0v) is 28.4. The number of esters is 1. The van der Waals surface area contributed by atoms with Crippen LogP contribution in [0.1, 0.15) is 45.7 Å². The molecule has 10 nitrogen and oxygen atoms in total. The van der Waals surface area contributed by atoms with Gasteiger partial charge in [0.1, 0.15) is 11.0 Å². The van der Waals surface area contributed by atoms with E-state index in [4.69, 9.17) is 9.57 Å². The number of benzene rings is 2. The van der Waals surface area contributed by atoms with Gasteiger partial charge in [-0.15, -0.1) is 11.8 Å². The normalized spacial score (nSPS) is 20.2. The number of amides is 1. The molecule has 2 heterocycles. The van der Waals surface area contributed by atoms with Crippen LogP contribution in [0.15, 0.2) is 59.5 Å². The third-order valence-corrected chi connectivity index (χ3v) is 11.3. The van der Waals surface area contributed by atoms with Gasteiger partial charge in [-0.05, 0) is 59.2 Å². The molecule has 0 saturated carbocycles. The molecule has 0 spiro atoms. The van der Waals surface area contributed by atoms with Crippen LogP contribution in [0, 0.1) is 6.92 Å². The molecule has 2 aliphatic heterocycles. The predicted octanol–water partition coefficient (Wildman–Crippen LogP) is 4.42. The topological polar surface area (TPSA) is 122 Å². The van der Waals surface area contributed by atoms with Gasteiger partial charge in [0, 0.05) is 46.8 Å². The van der Waals surface area contributed by atoms with Crippen molar-refractivity contribution in [3.05, 3.63) is 65.7 Å². The summed E-state index contributed by atoms with van der Waals surface area (Å²) in [6.45, 7) is 11.2. The van der Waals surface area contributed by atoms with Crippen LogP contribution in [0.2, 0.25) is 0 Å². The van der Waals surface area contributed by atoms with E-state index in [-0.39, 0.29) is 4.90 Å². The van der Waals surface area contributed by atoms with E-state index in [9.17, 15) is 22.8 Å². The van der Waals surface area contributed by atoms with Crippen LogP contribution in [0.25, 0.3) is 0 Å². The molecule has 4 rings (SSSR count). The van der Waals surface area contributed by atoms with E-state index >= 15 is 0 Å². The minimum absolute atomic E-state index is 0.244. The van der Waals surface area contributed by atoms with E-state index in [1.165, 1.54) is 28.8 Å². The molecule has 240 valence electrons. The van der Waals surface area contributed by atoms with Crippen molar-refractivity contribution >= 4 is 51.4 Å². The van der Waals surface area contributed by atoms with Gasteiger partial charge in [-0.3, -0.25) is 10.1 Å². The molecule has 2 aromatic rings. The number of thioether (sulfide) groups is 2. The Labute approximate surface area is 268 Å². The minimum Gasteiger partial charge on any atom is -0.458 e. The number of hydrogen-bond acceptors (Lipinski definition) is 10. The lowest BCUT2D eigenvalue weighted by molar-refractivity contribution is -0.188. The van der Waals surface area contributed by atoms with Crippen molar-refractivity contribution in [1.29, 1.82) is 0 Å². The highest BCUT2D eigenvalue weighted by Gasteiger charge is 2.63. The third-order valence-electron chi connectivity index (χ3n) is 7.10. The number of ketones is 1. The first-order valence-electron chi connectivity index (χ1n) is 14.4. The van der Waals surface area contributed by atoms with E-state index in [0.717, 1.165) is 5.56 Å². The van der Waals surface area contributed by atoms with Gasteiger partial charge < -0.3 is 14.5 Å². The fourth-order valence-corrected chi connectivity index (χ4v) is 8.63. The molecule has 0 bridgehead atoms. The smallest absolute Gasteiger partial charge is 0.429 e. The van der Waals surface area contributed by atoms with Crippen LogP contribution in [0.5, 0.6) is 0 Å². The second-order valence-corrected chi connectivity index (χ2v) is 16.7. The molecule has 2 fully saturated rings. The van der Waals surface area contributed by atoms with Gasteiger partial charge in [0.05, 0.1) is 4.90 Å². The zero-order chi connectivity index (χ0) is 32.3. The van der Waals surface area contributed by atoms with Crippen molar-refractivity contribution in [3.8, 4) is 0 Å². The second-order valence-electron chi connectivity index (χ2n) is 12.6. The first kappa shape index (κ1) is 34.3. The lowest BCUT2D eigenvalue weighted by Gasteiger charge is -2.41. The lowest BCUT2D eigenvalue weighted by atomic mass is 9.86.